The van der Waals surface area contributed by atoms with Crippen LogP contribution < -0.4 is 5.32 Å². The van der Waals surface area contributed by atoms with Gasteiger partial charge in [-0.3, -0.25) is 4.79 Å². The molecule has 0 heterocycles. The summed E-state index contributed by atoms with van der Waals surface area (Å²) in [7, 11) is 0. The molecule has 23 heavy (non-hydrogen) atoms. The Morgan fingerprint density at radius 1 is 0.957 bits per heavy atom. The molecular formula is C16H13Cl4NOS. The van der Waals surface area contributed by atoms with E-state index in [4.69, 9.17) is 46.4 Å². The number of nitrogens with one attached hydrogen (secondary N) is 1. The molecule has 0 radical (unpaired) electrons. The SMILES string of the molecule is O=C(CCSCc1ccc(Cl)c(Cl)c1)Nc1ccc(Cl)cc1Cl. The van der Waals surface area contributed by atoms with E-state index in [0.29, 0.717) is 38.0 Å². The Bertz CT molecular complexity index is 708. The van der Waals surface area contributed by atoms with Gasteiger partial charge in [0.25, 0.3) is 0 Å². The van der Waals surface area contributed by atoms with Gasteiger partial charge in [0.15, 0.2) is 0 Å². The number of hydrogen-bond donors (Lipinski definition) is 1. The molecule has 0 aliphatic heterocycles. The van der Waals surface area contributed by atoms with E-state index in [-0.39, 0.29) is 5.91 Å². The zero-order valence-electron chi connectivity index (χ0n) is 11.9. The maximum Gasteiger partial charge on any atom is 0.225 e. The van der Waals surface area contributed by atoms with Gasteiger partial charge in [-0.1, -0.05) is 52.5 Å². The fraction of sp³-hybridized carbons (Fsp3) is 0.188. The van der Waals surface area contributed by atoms with Crippen molar-refractivity contribution in [1.82, 2.24) is 0 Å². The zero-order chi connectivity index (χ0) is 16.8. The van der Waals surface area contributed by atoms with Gasteiger partial charge < -0.3 is 5.32 Å². The van der Waals surface area contributed by atoms with E-state index in [0.717, 1.165) is 11.3 Å². The number of thioether (sulfide) groups is 1. The summed E-state index contributed by atoms with van der Waals surface area (Å²) in [6.07, 6.45) is 0.394. The average Bonchev–Trinajstić information content (AvgIpc) is 2.50. The molecule has 2 aromatic carbocycles. The molecule has 0 saturated heterocycles. The summed E-state index contributed by atoms with van der Waals surface area (Å²) < 4.78 is 0. The Labute approximate surface area is 159 Å². The van der Waals surface area contributed by atoms with Crippen molar-refractivity contribution < 1.29 is 4.79 Å². The van der Waals surface area contributed by atoms with Crippen LogP contribution in [0.25, 0.3) is 0 Å². The Morgan fingerprint density at radius 2 is 1.74 bits per heavy atom. The van der Waals surface area contributed by atoms with Gasteiger partial charge in [0.2, 0.25) is 5.91 Å². The molecule has 0 unspecified atom stereocenters. The Kier molecular flexibility index (Phi) is 7.38. The lowest BCUT2D eigenvalue weighted by molar-refractivity contribution is -0.115. The molecular weight excluding hydrogens is 396 g/mol. The van der Waals surface area contributed by atoms with Gasteiger partial charge in [0.1, 0.15) is 0 Å². The van der Waals surface area contributed by atoms with Gasteiger partial charge in [-0.2, -0.15) is 11.8 Å². The maximum atomic E-state index is 11.9. The third kappa shape index (κ3) is 6.09. The van der Waals surface area contributed by atoms with Gasteiger partial charge in [0, 0.05) is 22.9 Å². The van der Waals surface area contributed by atoms with Crippen LogP contribution in [0.4, 0.5) is 5.69 Å². The minimum Gasteiger partial charge on any atom is -0.325 e. The van der Waals surface area contributed by atoms with E-state index >= 15 is 0 Å². The number of benzene rings is 2. The molecule has 122 valence electrons. The number of anilines is 1. The van der Waals surface area contributed by atoms with Crippen LogP contribution in [0.3, 0.4) is 0 Å². The van der Waals surface area contributed by atoms with Crippen molar-refractivity contribution in [2.24, 2.45) is 0 Å². The molecule has 0 fully saturated rings. The lowest BCUT2D eigenvalue weighted by Crippen LogP contribution is -2.12. The first-order valence-corrected chi connectivity index (χ1v) is 9.39. The first kappa shape index (κ1) is 18.8. The smallest absolute Gasteiger partial charge is 0.225 e. The molecule has 0 saturated carbocycles. The highest BCUT2D eigenvalue weighted by Gasteiger charge is 2.07. The number of halogens is 4. The zero-order valence-corrected chi connectivity index (χ0v) is 15.8. The summed E-state index contributed by atoms with van der Waals surface area (Å²) >= 11 is 25.3. The molecule has 0 bridgehead atoms. The van der Waals surface area contributed by atoms with E-state index in [1.165, 1.54) is 0 Å². The summed E-state index contributed by atoms with van der Waals surface area (Å²) in [6.45, 7) is 0. The van der Waals surface area contributed by atoms with Crippen LogP contribution in [0.15, 0.2) is 36.4 Å². The highest BCUT2D eigenvalue weighted by molar-refractivity contribution is 7.98. The van der Waals surface area contributed by atoms with E-state index in [9.17, 15) is 4.79 Å². The van der Waals surface area contributed by atoms with E-state index < -0.39 is 0 Å². The van der Waals surface area contributed by atoms with E-state index in [2.05, 4.69) is 5.32 Å². The van der Waals surface area contributed by atoms with Crippen LogP contribution in [0.5, 0.6) is 0 Å². The fourth-order valence-electron chi connectivity index (χ4n) is 1.79. The van der Waals surface area contributed by atoms with Gasteiger partial charge >= 0.3 is 0 Å². The van der Waals surface area contributed by atoms with Crippen molar-refractivity contribution in [3.8, 4) is 0 Å². The molecule has 0 aliphatic rings. The van der Waals surface area contributed by atoms with Crippen molar-refractivity contribution in [2.75, 3.05) is 11.1 Å². The van der Waals surface area contributed by atoms with Gasteiger partial charge in [0.05, 0.1) is 20.8 Å². The van der Waals surface area contributed by atoms with Crippen LogP contribution >= 0.6 is 58.2 Å². The molecule has 7 heteroatoms. The summed E-state index contributed by atoms with van der Waals surface area (Å²) in [5.41, 5.74) is 1.64. The monoisotopic (exact) mass is 407 g/mol. The Morgan fingerprint density at radius 3 is 2.43 bits per heavy atom. The standard InChI is InChI=1S/C16H13Cl4NOS/c17-11-2-4-15(14(20)8-11)21-16(22)5-6-23-9-10-1-3-12(18)13(19)7-10/h1-4,7-8H,5-6,9H2,(H,21,22). The third-order valence-electron chi connectivity index (χ3n) is 2.93. The first-order chi connectivity index (χ1) is 11.0. The summed E-state index contributed by atoms with van der Waals surface area (Å²) in [5.74, 6) is 1.37. The fourth-order valence-corrected chi connectivity index (χ4v) is 3.45. The summed E-state index contributed by atoms with van der Waals surface area (Å²) in [6, 6.07) is 10.5. The summed E-state index contributed by atoms with van der Waals surface area (Å²) in [5, 5.41) is 4.81. The largest absolute Gasteiger partial charge is 0.325 e. The third-order valence-corrected chi connectivity index (χ3v) is 5.25. The lowest BCUT2D eigenvalue weighted by atomic mass is 10.2. The number of amides is 1. The van der Waals surface area contributed by atoms with Crippen molar-refractivity contribution in [1.29, 1.82) is 0 Å². The van der Waals surface area contributed by atoms with Crippen molar-refractivity contribution in [3.63, 3.8) is 0 Å². The van der Waals surface area contributed by atoms with Crippen LogP contribution in [0, 0.1) is 0 Å². The second-order valence-electron chi connectivity index (χ2n) is 4.72. The Hall–Kier alpha value is -0.580. The topological polar surface area (TPSA) is 29.1 Å². The number of carbonyl (C=O) groups excluding carboxylic acids is 1. The number of rotatable bonds is 6. The van der Waals surface area contributed by atoms with Gasteiger partial charge in [-0.15, -0.1) is 0 Å². The lowest BCUT2D eigenvalue weighted by Gasteiger charge is -2.07. The molecule has 2 nitrogen and oxygen atoms in total. The van der Waals surface area contributed by atoms with Gasteiger partial charge in [-0.25, -0.2) is 0 Å². The molecule has 1 amide bonds. The van der Waals surface area contributed by atoms with Crippen LogP contribution in [0.2, 0.25) is 20.1 Å². The quantitative estimate of drug-likeness (QED) is 0.548. The van der Waals surface area contributed by atoms with Crippen LogP contribution in [-0.4, -0.2) is 11.7 Å². The van der Waals surface area contributed by atoms with Crippen molar-refractivity contribution >= 4 is 69.8 Å². The molecule has 2 aromatic rings. The molecule has 2 rings (SSSR count). The highest BCUT2D eigenvalue weighted by Crippen LogP contribution is 2.26. The molecule has 0 spiro atoms. The molecule has 0 aliphatic carbocycles. The van der Waals surface area contributed by atoms with Crippen molar-refractivity contribution in [3.05, 3.63) is 62.1 Å². The first-order valence-electron chi connectivity index (χ1n) is 6.72. The van der Waals surface area contributed by atoms with Crippen LogP contribution in [-0.2, 0) is 10.5 Å². The second kappa shape index (κ2) is 9.05. The second-order valence-corrected chi connectivity index (χ2v) is 7.49. The molecule has 0 aromatic heterocycles. The minimum atomic E-state index is -0.0872. The molecule has 0 atom stereocenters. The normalized spacial score (nSPS) is 10.6. The highest BCUT2D eigenvalue weighted by atomic mass is 35.5. The average molecular weight is 409 g/mol. The minimum absolute atomic E-state index is 0.0872. The van der Waals surface area contributed by atoms with E-state index in [1.807, 2.05) is 12.1 Å². The number of carbonyl (C=O) groups is 1. The Balaban J connectivity index is 1.75. The maximum absolute atomic E-state index is 11.9. The predicted octanol–water partition coefficient (Wildman–Crippen LogP) is 6.56. The number of hydrogen-bond acceptors (Lipinski definition) is 2. The van der Waals surface area contributed by atoms with E-state index in [1.54, 1.807) is 36.0 Å². The summed E-state index contributed by atoms with van der Waals surface area (Å²) in [4.78, 5) is 11.9. The van der Waals surface area contributed by atoms with Gasteiger partial charge in [-0.05, 0) is 35.9 Å². The van der Waals surface area contributed by atoms with Crippen LogP contribution in [0.1, 0.15) is 12.0 Å². The molecule has 1 N–H and O–H groups in total. The predicted molar refractivity (Wildman–Crippen MR) is 102 cm³/mol. The van der Waals surface area contributed by atoms with Crippen molar-refractivity contribution in [2.45, 2.75) is 12.2 Å².